The summed E-state index contributed by atoms with van der Waals surface area (Å²) in [5.74, 6) is 0. The van der Waals surface area contributed by atoms with Gasteiger partial charge in [0.15, 0.2) is 18.9 Å². The summed E-state index contributed by atoms with van der Waals surface area (Å²) in [4.78, 5) is 0. The summed E-state index contributed by atoms with van der Waals surface area (Å²) in [6.45, 7) is 1.24. The smallest absolute Gasteiger partial charge is 0.187 e. The number of nitrogens with one attached hydrogen (secondary N) is 2. The molecule has 18 N–H and O–H groups in total. The van der Waals surface area contributed by atoms with Gasteiger partial charge in [0.25, 0.3) is 0 Å². The molecule has 1 saturated carbocycles. The largest absolute Gasteiger partial charge is 0.394 e. The van der Waals surface area contributed by atoms with E-state index in [2.05, 4.69) is 22.8 Å². The minimum Gasteiger partial charge on any atom is -0.394 e. The van der Waals surface area contributed by atoms with Crippen LogP contribution in [0.15, 0.2) is 60.7 Å². The van der Waals surface area contributed by atoms with Crippen LogP contribution in [-0.4, -0.2) is 193 Å². The molecule has 20 heteroatoms. The lowest BCUT2D eigenvalue weighted by atomic mass is 9.84. The molecule has 4 aliphatic rings. The fourth-order valence-electron chi connectivity index (χ4n) is 8.45. The van der Waals surface area contributed by atoms with E-state index in [9.17, 15) is 30.6 Å². The summed E-state index contributed by atoms with van der Waals surface area (Å²) in [7, 11) is 0. The van der Waals surface area contributed by atoms with Gasteiger partial charge in [-0.25, -0.2) is 0 Å². The molecule has 0 radical (unpaired) electrons. The third-order valence-electron chi connectivity index (χ3n) is 12.1. The van der Waals surface area contributed by atoms with Crippen LogP contribution >= 0.6 is 0 Å². The van der Waals surface area contributed by atoms with E-state index in [4.69, 9.17) is 61.8 Å². The van der Waals surface area contributed by atoms with Gasteiger partial charge in [0.1, 0.15) is 67.1 Å². The van der Waals surface area contributed by atoms with Crippen molar-refractivity contribution in [3.05, 3.63) is 71.8 Å². The number of hydrogen-bond acceptors (Lipinski definition) is 20. The van der Waals surface area contributed by atoms with Gasteiger partial charge in [0, 0.05) is 31.7 Å². The van der Waals surface area contributed by atoms with Crippen LogP contribution in [0.25, 0.3) is 0 Å². The van der Waals surface area contributed by atoms with Gasteiger partial charge in [-0.3, -0.25) is 0 Å². The van der Waals surface area contributed by atoms with E-state index in [0.29, 0.717) is 19.6 Å². The van der Waals surface area contributed by atoms with E-state index >= 15 is 0 Å². The lowest BCUT2D eigenvalue weighted by molar-refractivity contribution is -0.308. The predicted molar refractivity (Wildman–Crippen MR) is 224 cm³/mol. The number of hydrogen-bond donors (Lipinski definition) is 13. The standard InChI is InChI=1S/C42H69N7O13/c43-19-26-32(52)34(54)29(46)40(57-26)61-37-28(21-50)59-42(39(37)56-17-16-48-15-13-23-10-5-2-6-11-23)62-38-31(51)24(44)18-25(45)36(38)60-41-30(47)35(55)33(53)27(58-41)20-49-14-7-12-22-8-3-1-4-9-22/h1-6,8-11,24-42,48-55H,7,12-21,43-47H2/t24-,25+,26+,27-,28-,29-,30-,31+,32-,33-,34-,35-,36-,37-,38-,39-,40-,41-,42+/m1/s1. The lowest BCUT2D eigenvalue weighted by Crippen LogP contribution is -2.68. The number of aryl methyl sites for hydroxylation is 1. The number of nitrogens with two attached hydrogens (primary N) is 5. The molecule has 0 unspecified atom stereocenters. The van der Waals surface area contributed by atoms with Crippen LogP contribution in [0.1, 0.15) is 24.0 Å². The highest BCUT2D eigenvalue weighted by Gasteiger charge is 2.55. The van der Waals surface area contributed by atoms with Crippen LogP contribution in [0.5, 0.6) is 0 Å². The third kappa shape index (κ3) is 12.3. The molecule has 62 heavy (non-hydrogen) atoms. The summed E-state index contributed by atoms with van der Waals surface area (Å²) in [6, 6.07) is 15.9. The summed E-state index contributed by atoms with van der Waals surface area (Å²) in [6.07, 6.45) is -16.0. The highest BCUT2D eigenvalue weighted by atomic mass is 16.8. The maximum Gasteiger partial charge on any atom is 0.187 e. The summed E-state index contributed by atoms with van der Waals surface area (Å²) >= 11 is 0. The normalized spacial score (nSPS) is 40.1. The molecule has 3 saturated heterocycles. The molecule has 0 spiro atoms. The number of benzene rings is 2. The molecule has 2 aromatic carbocycles. The van der Waals surface area contributed by atoms with Crippen LogP contribution in [-0.2, 0) is 46.0 Å². The van der Waals surface area contributed by atoms with Crippen molar-refractivity contribution in [3.8, 4) is 0 Å². The molecule has 3 heterocycles. The van der Waals surface area contributed by atoms with Gasteiger partial charge in [-0.15, -0.1) is 0 Å². The van der Waals surface area contributed by atoms with Crippen molar-refractivity contribution in [2.75, 3.05) is 45.9 Å². The Balaban J connectivity index is 1.15. The van der Waals surface area contributed by atoms with E-state index in [1.165, 1.54) is 5.56 Å². The van der Waals surface area contributed by atoms with Crippen molar-refractivity contribution in [2.24, 2.45) is 28.7 Å². The first kappa shape index (κ1) is 49.1. The Morgan fingerprint density at radius 2 is 1.13 bits per heavy atom. The van der Waals surface area contributed by atoms with Gasteiger partial charge in [0.05, 0.1) is 31.4 Å². The van der Waals surface area contributed by atoms with Gasteiger partial charge >= 0.3 is 0 Å². The molecule has 0 bridgehead atoms. The van der Waals surface area contributed by atoms with Crippen LogP contribution < -0.4 is 39.3 Å². The minimum atomic E-state index is -1.45. The predicted octanol–water partition coefficient (Wildman–Crippen LogP) is -4.78. The Hall–Kier alpha value is -2.36. The zero-order valence-electron chi connectivity index (χ0n) is 34.9. The first-order chi connectivity index (χ1) is 29.9. The van der Waals surface area contributed by atoms with Gasteiger partial charge in [0.2, 0.25) is 0 Å². The molecule has 6 rings (SSSR count). The van der Waals surface area contributed by atoms with E-state index in [1.54, 1.807) is 0 Å². The van der Waals surface area contributed by atoms with Crippen molar-refractivity contribution in [3.63, 3.8) is 0 Å². The zero-order chi connectivity index (χ0) is 44.3. The topological polar surface area (TPSA) is 340 Å². The molecule has 0 aromatic heterocycles. The van der Waals surface area contributed by atoms with Crippen molar-refractivity contribution in [2.45, 2.75) is 142 Å². The average Bonchev–Trinajstić information content (AvgIpc) is 3.61. The van der Waals surface area contributed by atoms with Crippen LogP contribution in [0, 0.1) is 0 Å². The highest BCUT2D eigenvalue weighted by Crippen LogP contribution is 2.35. The first-order valence-electron chi connectivity index (χ1n) is 21.7. The zero-order valence-corrected chi connectivity index (χ0v) is 34.9. The molecule has 2 aromatic rings. The monoisotopic (exact) mass is 879 g/mol. The summed E-state index contributed by atoms with van der Waals surface area (Å²) < 4.78 is 43.8. The fraction of sp³-hybridized carbons (Fsp3) is 0.714. The molecular weight excluding hydrogens is 810 g/mol. The van der Waals surface area contributed by atoms with Crippen LogP contribution in [0.4, 0.5) is 0 Å². The maximum absolute atomic E-state index is 11.6. The van der Waals surface area contributed by atoms with Gasteiger partial charge < -0.3 is 103 Å². The second-order valence-corrected chi connectivity index (χ2v) is 16.6. The number of aliphatic hydroxyl groups is 6. The average molecular weight is 880 g/mol. The van der Waals surface area contributed by atoms with E-state index in [0.717, 1.165) is 24.8 Å². The third-order valence-corrected chi connectivity index (χ3v) is 12.1. The Bertz CT molecular complexity index is 1580. The number of rotatable bonds is 21. The molecule has 20 nitrogen and oxygen atoms in total. The summed E-state index contributed by atoms with van der Waals surface area (Å²) in [5.41, 5.74) is 33.8. The SMILES string of the molecule is NC[C@@H]1O[C@H](O[C@H]2[C@@H](OCCNCCc3ccccc3)[C@H](O[C@@H]3[C@@H](O)[C@H](N)C[C@H](N)[C@H]3O[C@H]3O[C@H](CNCCCc4ccccc4)[C@@H](O)[C@H](O)[C@H]3N)O[C@@H]2CO)[C@H](N)[C@@H](O)[C@@H]1O. The quantitative estimate of drug-likeness (QED) is 0.0524. The number of ether oxygens (including phenoxy) is 7. The Morgan fingerprint density at radius 3 is 1.76 bits per heavy atom. The molecular formula is C42H69N7O13. The Morgan fingerprint density at radius 1 is 0.565 bits per heavy atom. The van der Waals surface area contributed by atoms with Gasteiger partial charge in [-0.2, -0.15) is 0 Å². The summed E-state index contributed by atoms with van der Waals surface area (Å²) in [5, 5.41) is 71.9. The second-order valence-electron chi connectivity index (χ2n) is 16.6. The van der Waals surface area contributed by atoms with Crippen LogP contribution in [0.3, 0.4) is 0 Å². The van der Waals surface area contributed by atoms with Crippen molar-refractivity contribution < 1.29 is 63.8 Å². The molecule has 1 aliphatic carbocycles. The van der Waals surface area contributed by atoms with Crippen molar-refractivity contribution in [1.29, 1.82) is 0 Å². The van der Waals surface area contributed by atoms with Crippen molar-refractivity contribution in [1.82, 2.24) is 10.6 Å². The van der Waals surface area contributed by atoms with E-state index < -0.39 is 123 Å². The van der Waals surface area contributed by atoms with Crippen LogP contribution in [0.2, 0.25) is 0 Å². The van der Waals surface area contributed by atoms with Gasteiger partial charge in [-0.1, -0.05) is 60.7 Å². The Kier molecular flexibility index (Phi) is 18.8. The first-order valence-corrected chi connectivity index (χ1v) is 21.7. The lowest BCUT2D eigenvalue weighted by Gasteiger charge is -2.47. The van der Waals surface area contributed by atoms with E-state index in [1.807, 2.05) is 48.5 Å². The molecule has 350 valence electrons. The minimum absolute atomic E-state index is 0.115. The van der Waals surface area contributed by atoms with E-state index in [-0.39, 0.29) is 26.1 Å². The molecule has 0 amide bonds. The van der Waals surface area contributed by atoms with Crippen molar-refractivity contribution >= 4 is 0 Å². The molecule has 4 fully saturated rings. The second kappa shape index (κ2) is 23.7. The highest BCUT2D eigenvalue weighted by molar-refractivity contribution is 5.15. The molecule has 3 aliphatic heterocycles. The maximum atomic E-state index is 11.6. The Labute approximate surface area is 362 Å². The molecule has 19 atom stereocenters. The number of aliphatic hydroxyl groups excluding tert-OH is 6. The fourth-order valence-corrected chi connectivity index (χ4v) is 8.45. The van der Waals surface area contributed by atoms with Gasteiger partial charge in [-0.05, 0) is 49.9 Å².